The van der Waals surface area contributed by atoms with E-state index in [1.165, 1.54) is 0 Å². The summed E-state index contributed by atoms with van der Waals surface area (Å²) in [5.41, 5.74) is -0.410. The zero-order valence-electron chi connectivity index (χ0n) is 9.45. The summed E-state index contributed by atoms with van der Waals surface area (Å²) in [7, 11) is 0. The Kier molecular flexibility index (Phi) is 4.35. The molecule has 0 aromatic carbocycles. The van der Waals surface area contributed by atoms with E-state index in [0.717, 1.165) is 19.4 Å². The fourth-order valence-corrected chi connectivity index (χ4v) is 2.03. The lowest BCUT2D eigenvalue weighted by atomic mass is 9.85. The SMILES string of the molecule is CCOC(C)(CC)C(O)C1CCOC1. The first-order chi connectivity index (χ1) is 6.64. The van der Waals surface area contributed by atoms with Gasteiger partial charge in [-0.05, 0) is 26.7 Å². The second-order valence-electron chi connectivity index (χ2n) is 4.17. The first-order valence-corrected chi connectivity index (χ1v) is 5.53. The standard InChI is InChI=1S/C11H22O3/c1-4-11(3,14-5-2)10(12)9-6-7-13-8-9/h9-10,12H,4-8H2,1-3H3. The Morgan fingerprint density at radius 3 is 2.71 bits per heavy atom. The van der Waals surface area contributed by atoms with Crippen LogP contribution in [0.2, 0.25) is 0 Å². The van der Waals surface area contributed by atoms with E-state index in [-0.39, 0.29) is 5.92 Å². The van der Waals surface area contributed by atoms with Crippen LogP contribution in [0.25, 0.3) is 0 Å². The molecule has 3 heteroatoms. The molecule has 0 bridgehead atoms. The average Bonchev–Trinajstić information content (AvgIpc) is 2.69. The van der Waals surface area contributed by atoms with Gasteiger partial charge in [0.1, 0.15) is 0 Å². The molecule has 0 radical (unpaired) electrons. The summed E-state index contributed by atoms with van der Waals surface area (Å²) < 4.78 is 10.9. The molecular formula is C11H22O3. The van der Waals surface area contributed by atoms with E-state index < -0.39 is 11.7 Å². The van der Waals surface area contributed by atoms with Gasteiger partial charge in [-0.15, -0.1) is 0 Å². The van der Waals surface area contributed by atoms with Crippen molar-refractivity contribution in [2.45, 2.75) is 45.3 Å². The van der Waals surface area contributed by atoms with Crippen LogP contribution in [0.5, 0.6) is 0 Å². The highest BCUT2D eigenvalue weighted by atomic mass is 16.5. The van der Waals surface area contributed by atoms with Crippen molar-refractivity contribution in [1.29, 1.82) is 0 Å². The first kappa shape index (κ1) is 12.0. The third kappa shape index (κ3) is 2.47. The molecule has 0 amide bonds. The fraction of sp³-hybridized carbons (Fsp3) is 1.00. The normalized spacial score (nSPS) is 28.7. The van der Waals surface area contributed by atoms with Crippen molar-refractivity contribution in [1.82, 2.24) is 0 Å². The van der Waals surface area contributed by atoms with Crippen molar-refractivity contribution in [3.05, 3.63) is 0 Å². The summed E-state index contributed by atoms with van der Waals surface area (Å²) in [6, 6.07) is 0. The second-order valence-corrected chi connectivity index (χ2v) is 4.17. The van der Waals surface area contributed by atoms with Crippen LogP contribution < -0.4 is 0 Å². The van der Waals surface area contributed by atoms with Crippen molar-refractivity contribution in [3.63, 3.8) is 0 Å². The topological polar surface area (TPSA) is 38.7 Å². The Labute approximate surface area is 86.4 Å². The maximum absolute atomic E-state index is 10.2. The zero-order chi connectivity index (χ0) is 10.6. The molecule has 14 heavy (non-hydrogen) atoms. The molecule has 1 N–H and O–H groups in total. The molecule has 1 aliphatic heterocycles. The molecule has 1 rings (SSSR count). The molecule has 84 valence electrons. The van der Waals surface area contributed by atoms with Crippen LogP contribution >= 0.6 is 0 Å². The molecule has 3 unspecified atom stereocenters. The average molecular weight is 202 g/mol. The van der Waals surface area contributed by atoms with Gasteiger partial charge in [-0.3, -0.25) is 0 Å². The highest BCUT2D eigenvalue weighted by molar-refractivity contribution is 4.88. The maximum atomic E-state index is 10.2. The van der Waals surface area contributed by atoms with Crippen molar-refractivity contribution >= 4 is 0 Å². The van der Waals surface area contributed by atoms with Crippen molar-refractivity contribution in [2.75, 3.05) is 19.8 Å². The van der Waals surface area contributed by atoms with E-state index in [9.17, 15) is 5.11 Å². The summed E-state index contributed by atoms with van der Waals surface area (Å²) >= 11 is 0. The van der Waals surface area contributed by atoms with Crippen LogP contribution in [-0.4, -0.2) is 36.6 Å². The Hall–Kier alpha value is -0.120. The minimum Gasteiger partial charge on any atom is -0.390 e. The van der Waals surface area contributed by atoms with Gasteiger partial charge in [0.05, 0.1) is 18.3 Å². The quantitative estimate of drug-likeness (QED) is 0.735. The number of aliphatic hydroxyl groups is 1. The molecule has 3 atom stereocenters. The Balaban J connectivity index is 2.57. The van der Waals surface area contributed by atoms with Gasteiger partial charge in [-0.2, -0.15) is 0 Å². The van der Waals surface area contributed by atoms with Crippen molar-refractivity contribution in [2.24, 2.45) is 5.92 Å². The zero-order valence-corrected chi connectivity index (χ0v) is 9.45. The molecule has 1 aliphatic rings. The summed E-state index contributed by atoms with van der Waals surface area (Å²) in [6.07, 6.45) is 1.37. The van der Waals surface area contributed by atoms with Gasteiger partial charge < -0.3 is 14.6 Å². The molecule has 0 aliphatic carbocycles. The number of hydrogen-bond donors (Lipinski definition) is 1. The van der Waals surface area contributed by atoms with E-state index in [4.69, 9.17) is 9.47 Å². The van der Waals surface area contributed by atoms with E-state index in [0.29, 0.717) is 13.2 Å². The minimum atomic E-state index is -0.410. The lowest BCUT2D eigenvalue weighted by molar-refractivity contribution is -0.130. The predicted octanol–water partition coefficient (Wildman–Crippen LogP) is 1.59. The van der Waals surface area contributed by atoms with Gasteiger partial charge in [0.25, 0.3) is 0 Å². The van der Waals surface area contributed by atoms with Gasteiger partial charge in [0.15, 0.2) is 0 Å². The van der Waals surface area contributed by atoms with Gasteiger partial charge in [0.2, 0.25) is 0 Å². The first-order valence-electron chi connectivity index (χ1n) is 5.53. The molecule has 0 saturated carbocycles. The summed E-state index contributed by atoms with van der Waals surface area (Å²) in [5, 5.41) is 10.2. The highest BCUT2D eigenvalue weighted by Gasteiger charge is 2.38. The smallest absolute Gasteiger partial charge is 0.0913 e. The van der Waals surface area contributed by atoms with Gasteiger partial charge >= 0.3 is 0 Å². The minimum absolute atomic E-state index is 0.242. The lowest BCUT2D eigenvalue weighted by Gasteiger charge is -2.36. The van der Waals surface area contributed by atoms with E-state index in [2.05, 4.69) is 6.92 Å². The Morgan fingerprint density at radius 1 is 1.57 bits per heavy atom. The molecule has 1 fully saturated rings. The Bertz CT molecular complexity index is 166. The van der Waals surface area contributed by atoms with E-state index in [1.54, 1.807) is 0 Å². The fourth-order valence-electron chi connectivity index (χ4n) is 2.03. The molecule has 3 nitrogen and oxygen atoms in total. The van der Waals surface area contributed by atoms with Crippen LogP contribution in [0.3, 0.4) is 0 Å². The van der Waals surface area contributed by atoms with E-state index >= 15 is 0 Å². The molecule has 1 heterocycles. The number of rotatable bonds is 5. The van der Waals surface area contributed by atoms with E-state index in [1.807, 2.05) is 13.8 Å². The van der Waals surface area contributed by atoms with Gasteiger partial charge in [-0.1, -0.05) is 6.92 Å². The van der Waals surface area contributed by atoms with Crippen LogP contribution in [0.4, 0.5) is 0 Å². The van der Waals surface area contributed by atoms with Crippen LogP contribution in [0, 0.1) is 5.92 Å². The summed E-state index contributed by atoms with van der Waals surface area (Å²) in [6.45, 7) is 8.09. The van der Waals surface area contributed by atoms with Crippen LogP contribution in [-0.2, 0) is 9.47 Å². The Morgan fingerprint density at radius 2 is 2.29 bits per heavy atom. The number of hydrogen-bond acceptors (Lipinski definition) is 3. The number of ether oxygens (including phenoxy) is 2. The van der Waals surface area contributed by atoms with Gasteiger partial charge in [-0.25, -0.2) is 0 Å². The molecule has 0 aromatic heterocycles. The maximum Gasteiger partial charge on any atom is 0.0913 e. The molecule has 0 aromatic rings. The highest BCUT2D eigenvalue weighted by Crippen LogP contribution is 2.29. The van der Waals surface area contributed by atoms with Gasteiger partial charge in [0, 0.05) is 19.1 Å². The summed E-state index contributed by atoms with van der Waals surface area (Å²) in [5.74, 6) is 0.242. The largest absolute Gasteiger partial charge is 0.390 e. The monoisotopic (exact) mass is 202 g/mol. The summed E-state index contributed by atoms with van der Waals surface area (Å²) in [4.78, 5) is 0. The van der Waals surface area contributed by atoms with Crippen molar-refractivity contribution < 1.29 is 14.6 Å². The van der Waals surface area contributed by atoms with Crippen LogP contribution in [0.15, 0.2) is 0 Å². The molecular weight excluding hydrogens is 180 g/mol. The predicted molar refractivity (Wildman–Crippen MR) is 55.3 cm³/mol. The molecule has 1 saturated heterocycles. The third-order valence-corrected chi connectivity index (χ3v) is 3.21. The molecule has 0 spiro atoms. The number of aliphatic hydroxyl groups excluding tert-OH is 1. The van der Waals surface area contributed by atoms with Crippen LogP contribution in [0.1, 0.15) is 33.6 Å². The van der Waals surface area contributed by atoms with Crippen molar-refractivity contribution in [3.8, 4) is 0 Å². The second kappa shape index (κ2) is 5.10. The third-order valence-electron chi connectivity index (χ3n) is 3.21. The lowest BCUT2D eigenvalue weighted by Crippen LogP contribution is -2.46.